The van der Waals surface area contributed by atoms with Gasteiger partial charge in [0.05, 0.1) is 0 Å². The molecule has 0 bridgehead atoms. The van der Waals surface area contributed by atoms with E-state index in [1.165, 1.54) is 0 Å². The molecular weight excluding hydrogens is 502 g/mol. The third-order valence-electron chi connectivity index (χ3n) is 5.57. The van der Waals surface area contributed by atoms with Crippen molar-refractivity contribution in [1.82, 2.24) is 9.97 Å². The topological polar surface area (TPSA) is 63.2 Å². The van der Waals surface area contributed by atoms with Crippen LogP contribution in [0.3, 0.4) is 0 Å². The molecule has 2 aromatic heterocycles. The van der Waals surface area contributed by atoms with Crippen molar-refractivity contribution in [2.45, 2.75) is 6.42 Å². The summed E-state index contributed by atoms with van der Waals surface area (Å²) in [5.41, 5.74) is 5.45. The maximum absolute atomic E-state index is 12.7. The number of benzene rings is 1. The summed E-state index contributed by atoms with van der Waals surface area (Å²) in [6.07, 6.45) is 10.1. The standard InChI is InChI=1S/C25H15N3O2Te/c29-22-17-5-1-2-6-18(17)23(30)19(22)14-15-9-10-16(13-15)28-20-7-3-11-26-24(20)31-25-21(28)8-4-12-27-25/h1-12,14H,13H2. The molecule has 0 N–H and O–H groups in total. The maximum atomic E-state index is 12.7. The van der Waals surface area contributed by atoms with E-state index in [9.17, 15) is 9.59 Å². The Labute approximate surface area is 188 Å². The van der Waals surface area contributed by atoms with Crippen LogP contribution in [0.15, 0.2) is 96.0 Å². The van der Waals surface area contributed by atoms with Gasteiger partial charge in [-0.1, -0.05) is 0 Å². The number of nitrogens with zero attached hydrogens (tertiary/aromatic N) is 3. The van der Waals surface area contributed by atoms with E-state index in [4.69, 9.17) is 0 Å². The fourth-order valence-corrected chi connectivity index (χ4v) is 6.84. The van der Waals surface area contributed by atoms with E-state index in [-0.39, 0.29) is 17.1 Å². The van der Waals surface area contributed by atoms with Crippen molar-refractivity contribution >= 4 is 51.3 Å². The van der Waals surface area contributed by atoms with Crippen LogP contribution in [0.25, 0.3) is 0 Å². The molecule has 1 aromatic carbocycles. The number of pyridine rings is 2. The van der Waals surface area contributed by atoms with Crippen molar-refractivity contribution in [2.75, 3.05) is 4.90 Å². The van der Waals surface area contributed by atoms with Gasteiger partial charge in [-0.15, -0.1) is 0 Å². The van der Waals surface area contributed by atoms with Crippen LogP contribution in [0.1, 0.15) is 27.1 Å². The Morgan fingerprint density at radius 2 is 1.42 bits per heavy atom. The molecule has 6 rings (SSSR count). The zero-order chi connectivity index (χ0) is 20.9. The van der Waals surface area contributed by atoms with Crippen LogP contribution in [-0.4, -0.2) is 42.5 Å². The minimum absolute atomic E-state index is 0.192. The molecule has 0 fully saturated rings. The second-order valence-corrected chi connectivity index (χ2v) is 10.2. The van der Waals surface area contributed by atoms with Gasteiger partial charge >= 0.3 is 189 Å². The van der Waals surface area contributed by atoms with Crippen molar-refractivity contribution in [2.24, 2.45) is 0 Å². The first kappa shape index (κ1) is 18.4. The van der Waals surface area contributed by atoms with Gasteiger partial charge in [0.15, 0.2) is 0 Å². The Hall–Kier alpha value is -3.33. The SMILES string of the molecule is O=C1C(=CC2=CC=C(N3c4cccnc4[Te]c4ncccc43)C2)C(=O)c2ccccc21. The fourth-order valence-electron chi connectivity index (χ4n) is 4.16. The molecule has 0 unspecified atom stereocenters. The second kappa shape index (κ2) is 7.12. The number of carbonyl (C=O) groups excluding carboxylic acids is 2. The first-order chi connectivity index (χ1) is 15.2. The van der Waals surface area contributed by atoms with Crippen LogP contribution in [0.2, 0.25) is 0 Å². The predicted octanol–water partition coefficient (Wildman–Crippen LogP) is 2.80. The van der Waals surface area contributed by atoms with Gasteiger partial charge in [-0.3, -0.25) is 0 Å². The number of ketones is 2. The molecule has 0 amide bonds. The fraction of sp³-hybridized carbons (Fsp3) is 0.0400. The molecule has 31 heavy (non-hydrogen) atoms. The molecule has 3 aliphatic rings. The van der Waals surface area contributed by atoms with Crippen molar-refractivity contribution in [3.05, 3.63) is 107 Å². The van der Waals surface area contributed by atoms with Crippen LogP contribution < -0.4 is 12.4 Å². The zero-order valence-corrected chi connectivity index (χ0v) is 18.6. The summed E-state index contributed by atoms with van der Waals surface area (Å²) in [5, 5.41) is 0. The number of hydrogen-bond acceptors (Lipinski definition) is 5. The van der Waals surface area contributed by atoms with Crippen molar-refractivity contribution < 1.29 is 9.59 Å². The Morgan fingerprint density at radius 1 is 0.806 bits per heavy atom. The third-order valence-corrected chi connectivity index (χ3v) is 8.47. The van der Waals surface area contributed by atoms with Gasteiger partial charge in [-0.2, -0.15) is 0 Å². The van der Waals surface area contributed by atoms with Crippen molar-refractivity contribution in [3.8, 4) is 0 Å². The Balaban J connectivity index is 1.33. The van der Waals surface area contributed by atoms with E-state index in [2.05, 4.69) is 33.1 Å². The van der Waals surface area contributed by atoms with E-state index in [1.807, 2.05) is 30.6 Å². The molecule has 2 aliphatic carbocycles. The van der Waals surface area contributed by atoms with Gasteiger partial charge in [0.2, 0.25) is 0 Å². The van der Waals surface area contributed by atoms with Crippen LogP contribution in [0, 0.1) is 0 Å². The summed E-state index contributed by atoms with van der Waals surface area (Å²) in [5.74, 6) is -0.384. The Morgan fingerprint density at radius 3 is 2.03 bits per heavy atom. The molecule has 0 atom stereocenters. The molecular formula is C25H15N3O2Te. The average molecular weight is 517 g/mol. The van der Waals surface area contributed by atoms with Crippen LogP contribution in [-0.2, 0) is 0 Å². The van der Waals surface area contributed by atoms with Crippen LogP contribution in [0.5, 0.6) is 0 Å². The van der Waals surface area contributed by atoms with E-state index in [0.717, 1.165) is 30.1 Å². The third kappa shape index (κ3) is 2.91. The number of fused-ring (bicyclic) bond motifs is 3. The predicted molar refractivity (Wildman–Crippen MR) is 120 cm³/mol. The van der Waals surface area contributed by atoms with Gasteiger partial charge < -0.3 is 0 Å². The number of hydrogen-bond donors (Lipinski definition) is 0. The summed E-state index contributed by atoms with van der Waals surface area (Å²) >= 11 is -0.645. The zero-order valence-electron chi connectivity index (χ0n) is 16.3. The minimum atomic E-state index is -0.645. The van der Waals surface area contributed by atoms with Gasteiger partial charge in [0.1, 0.15) is 0 Å². The summed E-state index contributed by atoms with van der Waals surface area (Å²) in [7, 11) is 0. The first-order valence-corrected chi connectivity index (χ1v) is 12.2. The van der Waals surface area contributed by atoms with Gasteiger partial charge in [0.25, 0.3) is 0 Å². The van der Waals surface area contributed by atoms with Crippen LogP contribution in [0.4, 0.5) is 11.4 Å². The quantitative estimate of drug-likeness (QED) is 0.298. The summed E-state index contributed by atoms with van der Waals surface area (Å²) in [6.45, 7) is 0. The number of allylic oxidation sites excluding steroid dienone is 5. The molecule has 0 saturated heterocycles. The molecule has 1 aliphatic heterocycles. The van der Waals surface area contributed by atoms with E-state index < -0.39 is 20.9 Å². The summed E-state index contributed by atoms with van der Waals surface area (Å²) in [6, 6.07) is 15.1. The van der Waals surface area contributed by atoms with Gasteiger partial charge in [-0.05, 0) is 0 Å². The van der Waals surface area contributed by atoms with E-state index >= 15 is 0 Å². The number of anilines is 2. The monoisotopic (exact) mass is 519 g/mol. The van der Waals surface area contributed by atoms with Crippen molar-refractivity contribution in [1.29, 1.82) is 0 Å². The first-order valence-electron chi connectivity index (χ1n) is 9.88. The molecule has 0 radical (unpaired) electrons. The van der Waals surface area contributed by atoms with Crippen LogP contribution >= 0.6 is 0 Å². The molecule has 0 saturated carbocycles. The number of rotatable bonds is 2. The number of Topliss-reactive ketones (excluding diaryl/α,β-unsaturated/α-hetero) is 2. The Kier molecular flexibility index (Phi) is 4.24. The van der Waals surface area contributed by atoms with E-state index in [0.29, 0.717) is 17.5 Å². The molecule has 148 valence electrons. The molecule has 3 aromatic rings. The number of carbonyl (C=O) groups is 2. The molecule has 5 nitrogen and oxygen atoms in total. The Bertz CT molecular complexity index is 1300. The molecule has 6 heteroatoms. The average Bonchev–Trinajstić information content (AvgIpc) is 3.36. The van der Waals surface area contributed by atoms with Crippen molar-refractivity contribution in [3.63, 3.8) is 0 Å². The molecule has 3 heterocycles. The normalized spacial score (nSPS) is 16.5. The molecule has 0 spiro atoms. The summed E-state index contributed by atoms with van der Waals surface area (Å²) < 4.78 is 2.23. The van der Waals surface area contributed by atoms with E-state index in [1.54, 1.807) is 30.3 Å². The van der Waals surface area contributed by atoms with Gasteiger partial charge in [0, 0.05) is 0 Å². The second-order valence-electron chi connectivity index (χ2n) is 7.43. The van der Waals surface area contributed by atoms with Gasteiger partial charge in [-0.25, -0.2) is 0 Å². The summed E-state index contributed by atoms with van der Waals surface area (Å²) in [4.78, 5) is 36.9. The number of aromatic nitrogens is 2.